The number of ether oxygens (including phenoxy) is 2. The van der Waals surface area contributed by atoms with E-state index in [0.717, 1.165) is 10.6 Å². The first-order chi connectivity index (χ1) is 14.2. The summed E-state index contributed by atoms with van der Waals surface area (Å²) < 4.78 is 12.9. The smallest absolute Gasteiger partial charge is 0.271 e. The van der Waals surface area contributed by atoms with Crippen molar-refractivity contribution in [1.29, 1.82) is 0 Å². The van der Waals surface area contributed by atoms with Crippen LogP contribution in [0.1, 0.15) is 10.4 Å². The van der Waals surface area contributed by atoms with Crippen LogP contribution in [0.3, 0.4) is 0 Å². The Labute approximate surface area is 172 Å². The molecular weight excluding hydrogens is 390 g/mol. The van der Waals surface area contributed by atoms with Crippen molar-refractivity contribution < 1.29 is 19.1 Å². The fourth-order valence-corrected chi connectivity index (χ4v) is 3.60. The van der Waals surface area contributed by atoms with Crippen LogP contribution in [-0.2, 0) is 4.79 Å². The topological polar surface area (TPSA) is 81.6 Å². The van der Waals surface area contributed by atoms with E-state index in [9.17, 15) is 9.59 Å². The highest BCUT2D eigenvalue weighted by atomic mass is 32.2. The Bertz CT molecular complexity index is 1020. The van der Waals surface area contributed by atoms with Gasteiger partial charge in [0.1, 0.15) is 13.2 Å². The molecule has 2 N–H and O–H groups in total. The lowest BCUT2D eigenvalue weighted by Crippen LogP contribution is -2.42. The third-order valence-corrected chi connectivity index (χ3v) is 5.22. The molecule has 0 saturated carbocycles. The number of benzene rings is 2. The van der Waals surface area contributed by atoms with Gasteiger partial charge in [-0.1, -0.05) is 12.1 Å². The number of aromatic nitrogens is 1. The Balaban J connectivity index is 1.32. The van der Waals surface area contributed by atoms with Gasteiger partial charge in [-0.25, -0.2) is 0 Å². The molecule has 0 atom stereocenters. The maximum Gasteiger partial charge on any atom is 0.271 e. The van der Waals surface area contributed by atoms with Crippen LogP contribution in [0.5, 0.6) is 11.5 Å². The van der Waals surface area contributed by atoms with E-state index in [1.165, 1.54) is 11.8 Å². The van der Waals surface area contributed by atoms with Crippen molar-refractivity contribution in [2.75, 3.05) is 19.0 Å². The van der Waals surface area contributed by atoms with Crippen LogP contribution in [-0.4, -0.2) is 35.3 Å². The minimum Gasteiger partial charge on any atom is -0.486 e. The quantitative estimate of drug-likeness (QED) is 0.500. The lowest BCUT2D eigenvalue weighted by molar-refractivity contribution is -0.119. The number of nitrogens with zero attached hydrogens (tertiary/aromatic N) is 1. The molecule has 0 unspecified atom stereocenters. The summed E-state index contributed by atoms with van der Waals surface area (Å²) in [6.07, 6.45) is 3.71. The number of rotatable bonds is 5. The molecule has 1 aliphatic rings. The highest BCUT2D eigenvalue weighted by molar-refractivity contribution is 8.00. The van der Waals surface area contributed by atoms with Crippen molar-refractivity contribution in [1.82, 2.24) is 15.4 Å². The van der Waals surface area contributed by atoms with Gasteiger partial charge in [0, 0.05) is 17.3 Å². The molecule has 2 aromatic carbocycles. The first-order valence-electron chi connectivity index (χ1n) is 9.05. The van der Waals surface area contributed by atoms with Gasteiger partial charge in [0.15, 0.2) is 11.5 Å². The maximum absolute atomic E-state index is 12.5. The second-order valence-corrected chi connectivity index (χ2v) is 7.25. The summed E-state index contributed by atoms with van der Waals surface area (Å²) in [7, 11) is 0. The lowest BCUT2D eigenvalue weighted by atomic mass is 10.1. The van der Waals surface area contributed by atoms with Gasteiger partial charge in [-0.15, -0.1) is 11.8 Å². The van der Waals surface area contributed by atoms with Crippen molar-refractivity contribution in [2.45, 2.75) is 4.90 Å². The molecule has 8 heteroatoms. The number of hydrogen-bond donors (Lipinski definition) is 2. The van der Waals surface area contributed by atoms with Gasteiger partial charge in [-0.3, -0.25) is 20.4 Å². The molecule has 29 heavy (non-hydrogen) atoms. The molecule has 4 rings (SSSR count). The molecule has 0 aliphatic carbocycles. The number of para-hydroxylation sites is 1. The van der Waals surface area contributed by atoms with E-state index in [1.54, 1.807) is 12.1 Å². The van der Waals surface area contributed by atoms with Crippen LogP contribution in [0.25, 0.3) is 5.69 Å². The zero-order chi connectivity index (χ0) is 20.1. The molecule has 3 aromatic rings. The first kappa shape index (κ1) is 18.9. The van der Waals surface area contributed by atoms with Gasteiger partial charge >= 0.3 is 0 Å². The molecule has 7 nitrogen and oxygen atoms in total. The third kappa shape index (κ3) is 4.55. The van der Waals surface area contributed by atoms with Crippen molar-refractivity contribution in [3.8, 4) is 17.2 Å². The summed E-state index contributed by atoms with van der Waals surface area (Å²) >= 11 is 1.35. The Hall–Kier alpha value is -3.39. The minimum absolute atomic E-state index is 0.152. The number of thioether (sulfide) groups is 1. The summed E-state index contributed by atoms with van der Waals surface area (Å²) in [6, 6.07) is 16.5. The average Bonchev–Trinajstić information content (AvgIpc) is 3.30. The normalized spacial score (nSPS) is 12.3. The highest BCUT2D eigenvalue weighted by Gasteiger charge is 2.14. The SMILES string of the molecule is O=C(CSc1ccc2c(c1)OCCO2)NNC(=O)c1ccccc1-n1cccc1. The Morgan fingerprint density at radius 3 is 2.52 bits per heavy atom. The second kappa shape index (κ2) is 8.74. The zero-order valence-corrected chi connectivity index (χ0v) is 16.3. The van der Waals surface area contributed by atoms with Crippen molar-refractivity contribution in [3.05, 3.63) is 72.6 Å². The molecule has 0 saturated heterocycles. The van der Waals surface area contributed by atoms with Gasteiger partial charge < -0.3 is 14.0 Å². The molecule has 2 heterocycles. The van der Waals surface area contributed by atoms with E-state index >= 15 is 0 Å². The number of hydrogen-bond acceptors (Lipinski definition) is 5. The zero-order valence-electron chi connectivity index (χ0n) is 15.5. The van der Waals surface area contributed by atoms with Gasteiger partial charge in [0.05, 0.1) is 17.0 Å². The highest BCUT2D eigenvalue weighted by Crippen LogP contribution is 2.34. The van der Waals surface area contributed by atoms with Crippen molar-refractivity contribution >= 4 is 23.6 Å². The largest absolute Gasteiger partial charge is 0.486 e. The molecule has 0 bridgehead atoms. The number of amides is 2. The third-order valence-electron chi connectivity index (χ3n) is 4.23. The summed E-state index contributed by atoms with van der Waals surface area (Å²) in [6.45, 7) is 1.05. The molecule has 1 aliphatic heterocycles. The number of fused-ring (bicyclic) bond motifs is 1. The van der Waals surface area contributed by atoms with Gasteiger partial charge in [0.2, 0.25) is 5.91 Å². The van der Waals surface area contributed by atoms with Gasteiger partial charge in [0.25, 0.3) is 5.91 Å². The Morgan fingerprint density at radius 1 is 0.931 bits per heavy atom. The fourth-order valence-electron chi connectivity index (χ4n) is 2.88. The molecule has 148 valence electrons. The number of carbonyl (C=O) groups is 2. The molecule has 0 radical (unpaired) electrons. The summed E-state index contributed by atoms with van der Waals surface area (Å²) in [5, 5.41) is 0. The van der Waals surface area contributed by atoms with E-state index in [1.807, 2.05) is 59.4 Å². The predicted octanol–water partition coefficient (Wildman–Crippen LogP) is 2.80. The number of hydrazine groups is 1. The van der Waals surface area contributed by atoms with Gasteiger partial charge in [-0.05, 0) is 42.5 Å². The number of carbonyl (C=O) groups excluding carboxylic acids is 2. The van der Waals surface area contributed by atoms with E-state index in [-0.39, 0.29) is 17.6 Å². The van der Waals surface area contributed by atoms with Crippen LogP contribution >= 0.6 is 11.8 Å². The van der Waals surface area contributed by atoms with Crippen LogP contribution in [0.2, 0.25) is 0 Å². The molecule has 0 fully saturated rings. The summed E-state index contributed by atoms with van der Waals surface area (Å²) in [5.41, 5.74) is 6.13. The molecule has 1 aromatic heterocycles. The van der Waals surface area contributed by atoms with E-state index in [0.29, 0.717) is 30.3 Å². The summed E-state index contributed by atoms with van der Waals surface area (Å²) in [4.78, 5) is 25.6. The monoisotopic (exact) mass is 409 g/mol. The molecule has 2 amide bonds. The molecule has 0 spiro atoms. The van der Waals surface area contributed by atoms with Crippen LogP contribution < -0.4 is 20.3 Å². The molecular formula is C21H19N3O4S. The Kier molecular flexibility index (Phi) is 5.71. The fraction of sp³-hybridized carbons (Fsp3) is 0.143. The van der Waals surface area contributed by atoms with Crippen LogP contribution in [0.4, 0.5) is 0 Å². The van der Waals surface area contributed by atoms with Gasteiger partial charge in [-0.2, -0.15) is 0 Å². The Morgan fingerprint density at radius 2 is 1.69 bits per heavy atom. The van der Waals surface area contributed by atoms with Crippen molar-refractivity contribution in [3.63, 3.8) is 0 Å². The van der Waals surface area contributed by atoms with Crippen LogP contribution in [0.15, 0.2) is 71.9 Å². The predicted molar refractivity (Wildman–Crippen MR) is 110 cm³/mol. The van der Waals surface area contributed by atoms with E-state index < -0.39 is 0 Å². The van der Waals surface area contributed by atoms with Crippen molar-refractivity contribution in [2.24, 2.45) is 0 Å². The lowest BCUT2D eigenvalue weighted by Gasteiger charge is -2.18. The van der Waals surface area contributed by atoms with E-state index in [4.69, 9.17) is 9.47 Å². The van der Waals surface area contributed by atoms with Crippen LogP contribution in [0, 0.1) is 0 Å². The van der Waals surface area contributed by atoms with E-state index in [2.05, 4.69) is 10.9 Å². The second-order valence-electron chi connectivity index (χ2n) is 6.20. The average molecular weight is 409 g/mol. The standard InChI is InChI=1S/C21H19N3O4S/c25-20(14-29-15-7-8-18-19(13-15)28-12-11-27-18)22-23-21(26)16-5-1-2-6-17(16)24-9-3-4-10-24/h1-10,13H,11-12,14H2,(H,22,25)(H,23,26). The maximum atomic E-state index is 12.5. The minimum atomic E-state index is -0.382. The number of nitrogens with one attached hydrogen (secondary N) is 2. The summed E-state index contributed by atoms with van der Waals surface area (Å²) in [5.74, 6) is 0.845. The first-order valence-corrected chi connectivity index (χ1v) is 10.0.